The zero-order valence-corrected chi connectivity index (χ0v) is 11.6. The molecule has 0 unspecified atom stereocenters. The zero-order chi connectivity index (χ0) is 15.6. The molecule has 110 valence electrons. The molecular weight excluding hydrogens is 274 g/mol. The Labute approximate surface area is 120 Å². The lowest BCUT2D eigenvalue weighted by atomic mass is 10.2. The molecule has 0 fully saturated rings. The lowest BCUT2D eigenvalue weighted by Gasteiger charge is -2.07. The van der Waals surface area contributed by atoms with E-state index in [2.05, 4.69) is 4.99 Å². The molecule has 0 aliphatic rings. The van der Waals surface area contributed by atoms with Crippen LogP contribution >= 0.6 is 0 Å². The monoisotopic (exact) mass is 289 g/mol. The van der Waals surface area contributed by atoms with Crippen molar-refractivity contribution in [3.05, 3.63) is 56.2 Å². The average molecular weight is 289 g/mol. The van der Waals surface area contributed by atoms with Gasteiger partial charge in [-0.15, -0.1) is 0 Å². The third-order valence-electron chi connectivity index (χ3n) is 3.13. The molecular formula is C14H15N3O4. The molecule has 7 nitrogen and oxygen atoms in total. The van der Waals surface area contributed by atoms with E-state index in [-0.39, 0.29) is 12.2 Å². The number of aliphatic hydroxyl groups is 1. The van der Waals surface area contributed by atoms with Gasteiger partial charge in [-0.05, 0) is 17.7 Å². The van der Waals surface area contributed by atoms with Gasteiger partial charge in [0.25, 0.3) is 5.56 Å². The van der Waals surface area contributed by atoms with Crippen molar-refractivity contribution in [2.24, 2.45) is 19.1 Å². The van der Waals surface area contributed by atoms with E-state index in [0.29, 0.717) is 5.69 Å². The van der Waals surface area contributed by atoms with E-state index in [9.17, 15) is 14.7 Å². The highest BCUT2D eigenvalue weighted by Gasteiger charge is 2.12. The van der Waals surface area contributed by atoms with Crippen molar-refractivity contribution in [2.75, 3.05) is 0 Å². The van der Waals surface area contributed by atoms with Crippen LogP contribution in [-0.2, 0) is 20.7 Å². The second-order valence-corrected chi connectivity index (χ2v) is 4.53. The Kier molecular flexibility index (Phi) is 4.04. The minimum absolute atomic E-state index is 0.0634. The van der Waals surface area contributed by atoms with Crippen molar-refractivity contribution >= 4 is 11.9 Å². The average Bonchev–Trinajstić information content (AvgIpc) is 2.51. The second kappa shape index (κ2) is 5.76. The second-order valence-electron chi connectivity index (χ2n) is 4.53. The van der Waals surface area contributed by atoms with E-state index in [0.717, 1.165) is 14.7 Å². The smallest absolute Gasteiger partial charge is 0.333 e. The van der Waals surface area contributed by atoms with Gasteiger partial charge in [0, 0.05) is 20.3 Å². The Morgan fingerprint density at radius 3 is 2.33 bits per heavy atom. The van der Waals surface area contributed by atoms with Gasteiger partial charge in [-0.25, -0.2) is 4.79 Å². The number of hydrogen-bond acceptors (Lipinski definition) is 5. The fourth-order valence-electron chi connectivity index (χ4n) is 1.80. The van der Waals surface area contributed by atoms with Gasteiger partial charge in [0.05, 0.1) is 12.3 Å². The molecule has 2 rings (SSSR count). The summed E-state index contributed by atoms with van der Waals surface area (Å²) in [5.74, 6) is -0.432. The van der Waals surface area contributed by atoms with E-state index in [4.69, 9.17) is 5.11 Å². The Hall–Kier alpha value is -2.67. The minimum atomic E-state index is -0.619. The van der Waals surface area contributed by atoms with Crippen molar-refractivity contribution in [2.45, 2.75) is 6.61 Å². The molecule has 0 saturated heterocycles. The van der Waals surface area contributed by atoms with Crippen LogP contribution in [0.3, 0.4) is 0 Å². The summed E-state index contributed by atoms with van der Waals surface area (Å²) in [4.78, 5) is 27.6. The third kappa shape index (κ3) is 2.77. The van der Waals surface area contributed by atoms with Crippen molar-refractivity contribution in [3.63, 3.8) is 0 Å². The molecule has 1 heterocycles. The summed E-state index contributed by atoms with van der Waals surface area (Å²) in [6, 6.07) is 6.74. The van der Waals surface area contributed by atoms with Gasteiger partial charge in [-0.3, -0.25) is 18.9 Å². The molecule has 0 amide bonds. The number of rotatable bonds is 3. The van der Waals surface area contributed by atoms with Crippen LogP contribution in [0.2, 0.25) is 0 Å². The zero-order valence-electron chi connectivity index (χ0n) is 11.6. The fourth-order valence-corrected chi connectivity index (χ4v) is 1.80. The van der Waals surface area contributed by atoms with Gasteiger partial charge in [0.2, 0.25) is 5.88 Å². The predicted octanol–water partition coefficient (Wildman–Crippen LogP) is 0.0325. The largest absolute Gasteiger partial charge is 0.494 e. The van der Waals surface area contributed by atoms with Crippen LogP contribution in [-0.4, -0.2) is 25.6 Å². The molecule has 2 N–H and O–H groups in total. The first-order chi connectivity index (χ1) is 9.95. The summed E-state index contributed by atoms with van der Waals surface area (Å²) in [5, 5.41) is 18.8. The van der Waals surface area contributed by atoms with Crippen LogP contribution in [0.1, 0.15) is 11.1 Å². The summed E-state index contributed by atoms with van der Waals surface area (Å²) in [6.07, 6.45) is 1.21. The lowest BCUT2D eigenvalue weighted by molar-refractivity contribution is 0.282. The maximum absolute atomic E-state index is 11.9. The molecule has 0 atom stereocenters. The van der Waals surface area contributed by atoms with Gasteiger partial charge in [0.1, 0.15) is 5.56 Å². The van der Waals surface area contributed by atoms with Crippen molar-refractivity contribution in [3.8, 4) is 5.88 Å². The number of aliphatic imine (C=N–C) groups is 1. The molecule has 2 aromatic rings. The summed E-state index contributed by atoms with van der Waals surface area (Å²) in [7, 11) is 2.70. The molecule has 21 heavy (non-hydrogen) atoms. The molecule has 0 radical (unpaired) electrons. The third-order valence-corrected chi connectivity index (χ3v) is 3.13. The normalized spacial score (nSPS) is 11.2. The molecule has 0 bridgehead atoms. The number of benzene rings is 1. The number of nitrogens with zero attached hydrogens (tertiary/aromatic N) is 3. The van der Waals surface area contributed by atoms with Gasteiger partial charge in [0.15, 0.2) is 0 Å². The fraction of sp³-hybridized carbons (Fsp3) is 0.214. The Balaban J connectivity index is 2.46. The Morgan fingerprint density at radius 2 is 1.76 bits per heavy atom. The highest BCUT2D eigenvalue weighted by atomic mass is 16.3. The first kappa shape index (κ1) is 14.7. The van der Waals surface area contributed by atoms with Crippen LogP contribution in [0, 0.1) is 0 Å². The highest BCUT2D eigenvalue weighted by molar-refractivity contribution is 5.84. The SMILES string of the molecule is Cn1c(O)c(C=Nc2ccc(CO)cc2)c(=O)n(C)c1=O. The molecule has 0 aliphatic heterocycles. The van der Waals surface area contributed by atoms with Crippen LogP contribution in [0.15, 0.2) is 38.8 Å². The summed E-state index contributed by atoms with van der Waals surface area (Å²) in [5.41, 5.74) is 0.0106. The maximum atomic E-state index is 11.9. The van der Waals surface area contributed by atoms with E-state index in [1.165, 1.54) is 20.3 Å². The molecule has 1 aromatic heterocycles. The van der Waals surface area contributed by atoms with Gasteiger partial charge >= 0.3 is 5.69 Å². The molecule has 7 heteroatoms. The Bertz CT molecular complexity index is 801. The minimum Gasteiger partial charge on any atom is -0.494 e. The highest BCUT2D eigenvalue weighted by Crippen LogP contribution is 2.14. The quantitative estimate of drug-likeness (QED) is 0.779. The van der Waals surface area contributed by atoms with Crippen LogP contribution < -0.4 is 11.2 Å². The molecule has 0 saturated carbocycles. The van der Waals surface area contributed by atoms with Gasteiger partial charge in [-0.1, -0.05) is 12.1 Å². The molecule has 1 aromatic carbocycles. The van der Waals surface area contributed by atoms with Crippen LogP contribution in [0.4, 0.5) is 5.69 Å². The summed E-state index contributed by atoms with van der Waals surface area (Å²) >= 11 is 0. The van der Waals surface area contributed by atoms with Gasteiger partial charge < -0.3 is 10.2 Å². The summed E-state index contributed by atoms with van der Waals surface area (Å²) in [6.45, 7) is -0.0634. The molecule has 0 aliphatic carbocycles. The molecule has 0 spiro atoms. The van der Waals surface area contributed by atoms with E-state index in [1.807, 2.05) is 0 Å². The van der Waals surface area contributed by atoms with E-state index >= 15 is 0 Å². The summed E-state index contributed by atoms with van der Waals surface area (Å²) < 4.78 is 1.87. The van der Waals surface area contributed by atoms with Crippen molar-refractivity contribution in [1.82, 2.24) is 9.13 Å². The maximum Gasteiger partial charge on any atom is 0.333 e. The van der Waals surface area contributed by atoms with Gasteiger partial charge in [-0.2, -0.15) is 0 Å². The first-order valence-corrected chi connectivity index (χ1v) is 6.18. The topological polar surface area (TPSA) is 96.8 Å². The predicted molar refractivity (Wildman–Crippen MR) is 78.2 cm³/mol. The number of aliphatic hydroxyl groups excluding tert-OH is 1. The number of hydrogen-bond donors (Lipinski definition) is 2. The lowest BCUT2D eigenvalue weighted by Crippen LogP contribution is -2.38. The number of aromatic nitrogens is 2. The Morgan fingerprint density at radius 1 is 1.14 bits per heavy atom. The number of aromatic hydroxyl groups is 1. The van der Waals surface area contributed by atoms with Crippen molar-refractivity contribution < 1.29 is 10.2 Å². The van der Waals surface area contributed by atoms with E-state index in [1.54, 1.807) is 24.3 Å². The first-order valence-electron chi connectivity index (χ1n) is 6.18. The van der Waals surface area contributed by atoms with E-state index < -0.39 is 17.1 Å². The van der Waals surface area contributed by atoms with Crippen LogP contribution in [0.5, 0.6) is 5.88 Å². The van der Waals surface area contributed by atoms with Crippen LogP contribution in [0.25, 0.3) is 0 Å². The standard InChI is InChI=1S/C14H15N3O4/c1-16-12(19)11(13(20)17(2)14(16)21)7-15-10-5-3-9(8-18)4-6-10/h3-7,18-19H,8H2,1-2H3. The van der Waals surface area contributed by atoms with Crippen molar-refractivity contribution in [1.29, 1.82) is 0 Å².